The van der Waals surface area contributed by atoms with Gasteiger partial charge in [-0.1, -0.05) is 48.5 Å². The van der Waals surface area contributed by atoms with Crippen molar-refractivity contribution in [2.45, 2.75) is 0 Å². The Hall–Kier alpha value is -18.2. The van der Waals surface area contributed by atoms with E-state index in [1.165, 1.54) is 194 Å². The average Bonchev–Trinajstić information content (AvgIpc) is 1.55. The first kappa shape index (κ1) is 74.5. The molecule has 8 bridgehead atoms. The van der Waals surface area contributed by atoms with E-state index in [0.29, 0.717) is 0 Å². The second-order valence-corrected chi connectivity index (χ2v) is 25.5. The summed E-state index contributed by atoms with van der Waals surface area (Å²) in [5.41, 5.74) is -7.49. The van der Waals surface area contributed by atoms with E-state index >= 15 is 35.1 Å². The molecule has 0 spiro atoms. The van der Waals surface area contributed by atoms with E-state index in [-0.39, 0.29) is 91.0 Å². The molecule has 0 amide bonds. The van der Waals surface area contributed by atoms with Gasteiger partial charge < -0.3 is 47.9 Å². The fraction of sp³-hybridized carbons (Fsp3) is 0. The predicted octanol–water partition coefficient (Wildman–Crippen LogP) is 24.0. The number of hydrogen-bond donors (Lipinski definition) is 2. The van der Waals surface area contributed by atoms with E-state index in [2.05, 4.69) is 59.3 Å². The van der Waals surface area contributed by atoms with E-state index in [0.717, 1.165) is 0 Å². The van der Waals surface area contributed by atoms with Crippen molar-refractivity contribution in [2.24, 2.45) is 0 Å². The maximum absolute atomic E-state index is 19.1. The molecule has 2 aliphatic rings. The molecule has 0 saturated carbocycles. The van der Waals surface area contributed by atoms with E-state index in [4.69, 9.17) is 64.2 Å². The Morgan fingerprint density at radius 1 is 0.233 bits per heavy atom. The Bertz CT molecular complexity index is 6580. The second-order valence-electron chi connectivity index (χ2n) is 25.5. The molecule has 0 radical (unpaired) electrons. The van der Waals surface area contributed by atoms with Crippen LogP contribution in [0.15, 0.2) is 194 Å². The number of hydrogen-bond acceptors (Lipinski definition) is 18. The standard InChI is InChI=1S/C88H34F8N16O8/c1-101-45-13-29-53(30-14-45)117-77-69(93)61-59(67(91)75(77)115-51-25-9-43(39-99)10-26-51)83-106-81-57-58(66(90)74(114-50-23-7-42(38-98)8-24-50)73(65(57)89)113-49-21-5-41(37-97)6-22-49)82(105-81)107-84-60-62(70(94)78(118-54-31-15-46(102-2)16-32-54)76(68(60)92)116-52-27-11-44(40-100)12-28-52)86(109-84)111-88-64-63(87(112-88)110-85(61)108-83)71(95)79(119-55-33-17-47(103-3)18-34-55)80(72(64)96)120-56-35-19-48(104-4)20-36-56/h5-36H,(H2,105,106,107,108,109,110,111,112). The number of benzene rings is 12. The van der Waals surface area contributed by atoms with Gasteiger partial charge in [0.1, 0.15) is 68.6 Å². The fourth-order valence-electron chi connectivity index (χ4n) is 12.7. The first-order valence-electron chi connectivity index (χ1n) is 34.7. The van der Waals surface area contributed by atoms with E-state index in [9.17, 15) is 21.0 Å². The lowest BCUT2D eigenvalue weighted by atomic mass is 10.0. The van der Waals surface area contributed by atoms with Gasteiger partial charge in [0.05, 0.1) is 117 Å². The molecule has 0 atom stereocenters. The number of ether oxygens (including phenoxy) is 8. The highest BCUT2D eigenvalue weighted by atomic mass is 19.2. The molecule has 0 unspecified atom stereocenters. The normalized spacial score (nSPS) is 10.9. The van der Waals surface area contributed by atoms with E-state index in [1.807, 2.05) is 24.3 Å². The molecule has 570 valence electrons. The zero-order valence-electron chi connectivity index (χ0n) is 60.0. The molecule has 120 heavy (non-hydrogen) atoms. The third-order valence-corrected chi connectivity index (χ3v) is 18.3. The zero-order valence-corrected chi connectivity index (χ0v) is 60.0. The Balaban J connectivity index is 1.06. The summed E-state index contributed by atoms with van der Waals surface area (Å²) in [5.74, 6) is -28.3. The summed E-state index contributed by atoms with van der Waals surface area (Å²) in [6.45, 7) is 30.4. The maximum atomic E-state index is 19.1. The van der Waals surface area contributed by atoms with Crippen molar-refractivity contribution < 1.29 is 73.0 Å². The molecule has 12 aromatic carbocycles. The molecule has 0 aliphatic carbocycles. The summed E-state index contributed by atoms with van der Waals surface area (Å²) in [4.78, 5) is 46.4. The fourth-order valence-corrected chi connectivity index (χ4v) is 12.7. The third kappa shape index (κ3) is 13.4. The summed E-state index contributed by atoms with van der Waals surface area (Å²) in [6.07, 6.45) is 0. The Morgan fingerprint density at radius 2 is 0.392 bits per heavy atom. The molecule has 32 heteroatoms. The molecular weight excluding hydrogens is 1560 g/mol. The number of fused-ring (bicyclic) bond motifs is 20. The van der Waals surface area contributed by atoms with E-state index in [1.54, 1.807) is 0 Å². The largest absolute Gasteiger partial charge is 0.450 e. The van der Waals surface area contributed by atoms with Gasteiger partial charge in [-0.3, -0.25) is 0 Å². The Labute approximate surface area is 668 Å². The smallest absolute Gasteiger partial charge is 0.209 e. The van der Waals surface area contributed by atoms with Crippen molar-refractivity contribution in [2.75, 3.05) is 0 Å². The molecule has 0 saturated heterocycles. The van der Waals surface area contributed by atoms with Gasteiger partial charge in [-0.2, -0.15) is 21.0 Å². The van der Waals surface area contributed by atoms with Crippen LogP contribution in [0, 0.1) is 118 Å². The zero-order chi connectivity index (χ0) is 83.3. The minimum absolute atomic E-state index is 0.0710. The van der Waals surface area contributed by atoms with Gasteiger partial charge in [0.25, 0.3) is 0 Å². The van der Waals surface area contributed by atoms with Gasteiger partial charge in [0, 0.05) is 0 Å². The van der Waals surface area contributed by atoms with Crippen LogP contribution in [-0.4, -0.2) is 39.9 Å². The molecule has 15 aromatic rings. The summed E-state index contributed by atoms with van der Waals surface area (Å²) in [7, 11) is 0. The predicted molar refractivity (Wildman–Crippen MR) is 412 cm³/mol. The van der Waals surface area contributed by atoms with Crippen LogP contribution in [-0.2, 0) is 0 Å². The minimum Gasteiger partial charge on any atom is -0.450 e. The highest BCUT2D eigenvalue weighted by molar-refractivity contribution is 6.09. The molecule has 24 nitrogen and oxygen atoms in total. The number of aromatic amines is 2. The molecular formula is C88H34F8N16O8. The average molecular weight is 1600 g/mol. The van der Waals surface area contributed by atoms with Crippen LogP contribution < -0.4 is 37.9 Å². The molecule has 5 heterocycles. The molecule has 0 fully saturated rings. The van der Waals surface area contributed by atoms with Crippen LogP contribution in [0.25, 0.3) is 109 Å². The lowest BCUT2D eigenvalue weighted by Gasteiger charge is -2.17. The molecule has 2 N–H and O–H groups in total. The van der Waals surface area contributed by atoms with E-state index < -0.39 is 182 Å². The number of aromatic nitrogens is 8. The van der Waals surface area contributed by atoms with Gasteiger partial charge in [0.15, 0.2) is 92.6 Å². The SMILES string of the molecule is [C-]#[N+]c1ccc(Oc2c(F)c3c(c(F)c2Oc2ccc([N+]#[C-])cc2)-c2nc-3nc3[nH]c(nc4nc(nc5[nH]c(n2)c2c(F)c(Oc6ccc([N+]#[C-])cc6)c(Oc6ccc(C#N)cc6)c(F)c52)-c2c(F)c(Oc5ccc(C#N)cc5)c(Oc5ccc(C#N)cc5)c(F)c2-4)c2c(F)c(Oc4ccc(C#N)cc4)c(Oc4ccc([N+]#[C-])cc4)c(F)c32)cc1. The maximum Gasteiger partial charge on any atom is 0.209 e. The summed E-state index contributed by atoms with van der Waals surface area (Å²) >= 11 is 0. The first-order valence-corrected chi connectivity index (χ1v) is 34.7. The molecule has 17 rings (SSSR count). The van der Waals surface area contributed by atoms with Crippen LogP contribution in [0.2, 0.25) is 0 Å². The van der Waals surface area contributed by atoms with Crippen molar-refractivity contribution in [3.63, 3.8) is 0 Å². The first-order chi connectivity index (χ1) is 58.3. The summed E-state index contributed by atoms with van der Waals surface area (Å²) in [5, 5.41) is 34.9. The van der Waals surface area contributed by atoms with Gasteiger partial charge in [0.2, 0.25) is 46.0 Å². The highest BCUT2D eigenvalue weighted by Gasteiger charge is 2.40. The third-order valence-electron chi connectivity index (χ3n) is 18.3. The van der Waals surface area contributed by atoms with Crippen molar-refractivity contribution >= 4 is 66.9 Å². The number of H-pyrrole nitrogens is 2. The number of rotatable bonds is 16. The number of nitrogens with one attached hydrogen (secondary N) is 2. The molecule has 2 aliphatic heterocycles. The number of nitrogens with zero attached hydrogens (tertiary/aromatic N) is 14. The minimum atomic E-state index is -1.64. The monoisotopic (exact) mass is 1590 g/mol. The van der Waals surface area contributed by atoms with Crippen LogP contribution >= 0.6 is 0 Å². The van der Waals surface area contributed by atoms with Crippen LogP contribution in [0.5, 0.6) is 92.0 Å². The number of nitriles is 4. The summed E-state index contributed by atoms with van der Waals surface area (Å²) < 4.78 is 202. The highest BCUT2D eigenvalue weighted by Crippen LogP contribution is 2.55. The van der Waals surface area contributed by atoms with Crippen molar-refractivity contribution in [3.05, 3.63) is 309 Å². The topological polar surface area (TPSA) is 295 Å². The lowest BCUT2D eigenvalue weighted by molar-refractivity contribution is 0.376. The second kappa shape index (κ2) is 30.4. The quantitative estimate of drug-likeness (QED) is 0.0671. The van der Waals surface area contributed by atoms with Gasteiger partial charge in [-0.25, -0.2) is 84.4 Å². The van der Waals surface area contributed by atoms with Crippen LogP contribution in [0.1, 0.15) is 22.3 Å². The summed E-state index contributed by atoms with van der Waals surface area (Å²) in [6, 6.07) is 47.4. The Kier molecular flexibility index (Phi) is 18.8. The lowest BCUT2D eigenvalue weighted by Crippen LogP contribution is -2.02. The van der Waals surface area contributed by atoms with Gasteiger partial charge in [-0.15, -0.1) is 0 Å². The van der Waals surface area contributed by atoms with Crippen LogP contribution in [0.3, 0.4) is 0 Å². The van der Waals surface area contributed by atoms with Gasteiger partial charge >= 0.3 is 0 Å². The molecule has 3 aromatic heterocycles. The number of halogens is 8. The van der Waals surface area contributed by atoms with Crippen molar-refractivity contribution in [1.29, 1.82) is 21.0 Å². The van der Waals surface area contributed by atoms with Crippen molar-refractivity contribution in [3.8, 4) is 162 Å². The Morgan fingerprint density at radius 3 is 0.550 bits per heavy atom. The van der Waals surface area contributed by atoms with Crippen molar-refractivity contribution in [1.82, 2.24) is 39.9 Å². The van der Waals surface area contributed by atoms with Crippen LogP contribution in [0.4, 0.5) is 57.9 Å². The van der Waals surface area contributed by atoms with Gasteiger partial charge in [-0.05, 0) is 146 Å².